The summed E-state index contributed by atoms with van der Waals surface area (Å²) in [5.74, 6) is -0.114. The first-order valence-electron chi connectivity index (χ1n) is 4.97. The Bertz CT molecular complexity index is 529. The van der Waals surface area contributed by atoms with Gasteiger partial charge in [0.05, 0.1) is 4.47 Å². The normalized spacial score (nSPS) is 10.3. The second-order valence-corrected chi connectivity index (χ2v) is 4.35. The minimum absolute atomic E-state index is 0.246. The van der Waals surface area contributed by atoms with E-state index in [0.29, 0.717) is 10.2 Å². The minimum atomic E-state index is -0.344. The quantitative estimate of drug-likeness (QED) is 0.820. The lowest BCUT2D eigenvalue weighted by molar-refractivity contribution is 0.305. The van der Waals surface area contributed by atoms with E-state index in [1.165, 1.54) is 30.3 Å². The molecule has 0 radical (unpaired) electrons. The van der Waals surface area contributed by atoms with E-state index in [2.05, 4.69) is 15.9 Å². The highest BCUT2D eigenvalue weighted by atomic mass is 79.9. The summed E-state index contributed by atoms with van der Waals surface area (Å²) in [5.41, 5.74) is 0.727. The minimum Gasteiger partial charge on any atom is -0.489 e. The molecule has 0 aliphatic carbocycles. The highest BCUT2D eigenvalue weighted by Crippen LogP contribution is 2.22. The fourth-order valence-corrected chi connectivity index (χ4v) is 1.72. The van der Waals surface area contributed by atoms with Crippen LogP contribution in [0.5, 0.6) is 5.75 Å². The van der Waals surface area contributed by atoms with Gasteiger partial charge in [0.2, 0.25) is 0 Å². The zero-order chi connectivity index (χ0) is 12.3. The van der Waals surface area contributed by atoms with Crippen LogP contribution in [0.25, 0.3) is 0 Å². The smallest absolute Gasteiger partial charge is 0.137 e. The van der Waals surface area contributed by atoms with Gasteiger partial charge in [0.15, 0.2) is 0 Å². The predicted octanol–water partition coefficient (Wildman–Crippen LogP) is 4.31. The van der Waals surface area contributed by atoms with Crippen LogP contribution < -0.4 is 4.74 Å². The van der Waals surface area contributed by atoms with Crippen LogP contribution in [-0.2, 0) is 6.61 Å². The molecule has 0 N–H and O–H groups in total. The molecule has 1 nitrogen and oxygen atoms in total. The van der Waals surface area contributed by atoms with Crippen LogP contribution >= 0.6 is 15.9 Å². The summed E-state index contributed by atoms with van der Waals surface area (Å²) in [6.07, 6.45) is 0. The largest absolute Gasteiger partial charge is 0.489 e. The van der Waals surface area contributed by atoms with Crippen molar-refractivity contribution in [2.75, 3.05) is 0 Å². The third kappa shape index (κ3) is 3.27. The van der Waals surface area contributed by atoms with Crippen LogP contribution in [0, 0.1) is 11.6 Å². The Morgan fingerprint density at radius 3 is 2.59 bits per heavy atom. The van der Waals surface area contributed by atoms with Gasteiger partial charge in [-0.1, -0.05) is 12.1 Å². The first kappa shape index (κ1) is 12.0. The second-order valence-electron chi connectivity index (χ2n) is 3.49. The number of hydrogen-bond acceptors (Lipinski definition) is 1. The lowest BCUT2D eigenvalue weighted by Gasteiger charge is -2.07. The Balaban J connectivity index is 2.05. The molecule has 2 rings (SSSR count). The Morgan fingerprint density at radius 2 is 1.88 bits per heavy atom. The van der Waals surface area contributed by atoms with Crippen LogP contribution in [0.1, 0.15) is 5.56 Å². The van der Waals surface area contributed by atoms with E-state index >= 15 is 0 Å². The molecule has 2 aromatic carbocycles. The number of benzene rings is 2. The van der Waals surface area contributed by atoms with Crippen molar-refractivity contribution in [2.24, 2.45) is 0 Å². The lowest BCUT2D eigenvalue weighted by atomic mass is 10.2. The van der Waals surface area contributed by atoms with Crippen LogP contribution in [0.3, 0.4) is 0 Å². The average molecular weight is 299 g/mol. The van der Waals surface area contributed by atoms with Gasteiger partial charge in [0, 0.05) is 0 Å². The molecule has 0 saturated carbocycles. The number of halogens is 3. The molecule has 0 aliphatic heterocycles. The molecule has 88 valence electrons. The van der Waals surface area contributed by atoms with Gasteiger partial charge in [-0.3, -0.25) is 0 Å². The molecule has 0 heterocycles. The van der Waals surface area contributed by atoms with Crippen molar-refractivity contribution in [3.8, 4) is 5.75 Å². The fourth-order valence-electron chi connectivity index (χ4n) is 1.36. The van der Waals surface area contributed by atoms with Gasteiger partial charge in [-0.05, 0) is 51.8 Å². The van der Waals surface area contributed by atoms with Gasteiger partial charge in [-0.25, -0.2) is 8.78 Å². The van der Waals surface area contributed by atoms with Crippen molar-refractivity contribution < 1.29 is 13.5 Å². The molecule has 0 saturated heterocycles. The second kappa shape index (κ2) is 5.27. The Morgan fingerprint density at radius 1 is 1.06 bits per heavy atom. The third-order valence-electron chi connectivity index (χ3n) is 2.19. The van der Waals surface area contributed by atoms with Gasteiger partial charge in [0.25, 0.3) is 0 Å². The van der Waals surface area contributed by atoms with E-state index in [9.17, 15) is 8.78 Å². The lowest BCUT2D eigenvalue weighted by Crippen LogP contribution is -1.96. The Hall–Kier alpha value is -1.42. The van der Waals surface area contributed by atoms with E-state index in [1.54, 1.807) is 12.1 Å². The molecule has 4 heteroatoms. The highest BCUT2D eigenvalue weighted by Gasteiger charge is 2.02. The maximum atomic E-state index is 13.0. The average Bonchev–Trinajstić information content (AvgIpc) is 2.31. The topological polar surface area (TPSA) is 9.23 Å². The van der Waals surface area contributed by atoms with Crippen LogP contribution in [0.15, 0.2) is 46.9 Å². The van der Waals surface area contributed by atoms with Crippen molar-refractivity contribution in [1.82, 2.24) is 0 Å². The van der Waals surface area contributed by atoms with Gasteiger partial charge < -0.3 is 4.74 Å². The summed E-state index contributed by atoms with van der Waals surface area (Å²) < 4.78 is 31.6. The molecule has 0 amide bonds. The molecule has 0 unspecified atom stereocenters. The summed E-state index contributed by atoms with van der Waals surface area (Å²) in [6.45, 7) is 0.246. The number of hydrogen-bond donors (Lipinski definition) is 0. The molecular formula is C13H9BrF2O. The van der Waals surface area contributed by atoms with Crippen molar-refractivity contribution >= 4 is 15.9 Å². The zero-order valence-electron chi connectivity index (χ0n) is 8.79. The molecule has 2 aromatic rings. The summed E-state index contributed by atoms with van der Waals surface area (Å²) in [5, 5.41) is 0. The van der Waals surface area contributed by atoms with Gasteiger partial charge in [-0.2, -0.15) is 0 Å². The summed E-state index contributed by atoms with van der Waals surface area (Å²) >= 11 is 3.07. The fraction of sp³-hybridized carbons (Fsp3) is 0.0769. The predicted molar refractivity (Wildman–Crippen MR) is 64.8 cm³/mol. The monoisotopic (exact) mass is 298 g/mol. The van der Waals surface area contributed by atoms with E-state index in [-0.39, 0.29) is 18.2 Å². The third-order valence-corrected chi connectivity index (χ3v) is 2.79. The molecule has 0 fully saturated rings. The van der Waals surface area contributed by atoms with E-state index < -0.39 is 0 Å². The standard InChI is InChI=1S/C13H9BrF2O/c14-12-7-11(4-5-13(12)16)17-8-9-2-1-3-10(15)6-9/h1-7H,8H2. The van der Waals surface area contributed by atoms with E-state index in [4.69, 9.17) is 4.74 Å². The number of ether oxygens (including phenoxy) is 1. The molecular weight excluding hydrogens is 290 g/mol. The SMILES string of the molecule is Fc1cccc(COc2ccc(F)c(Br)c2)c1. The van der Waals surface area contributed by atoms with Gasteiger partial charge in [-0.15, -0.1) is 0 Å². The van der Waals surface area contributed by atoms with E-state index in [0.717, 1.165) is 5.56 Å². The van der Waals surface area contributed by atoms with Crippen LogP contribution in [0.2, 0.25) is 0 Å². The zero-order valence-corrected chi connectivity index (χ0v) is 10.4. The van der Waals surface area contributed by atoms with Crippen LogP contribution in [-0.4, -0.2) is 0 Å². The van der Waals surface area contributed by atoms with Crippen molar-refractivity contribution in [1.29, 1.82) is 0 Å². The molecule has 0 spiro atoms. The van der Waals surface area contributed by atoms with Crippen molar-refractivity contribution in [3.05, 3.63) is 64.1 Å². The van der Waals surface area contributed by atoms with Gasteiger partial charge in [0.1, 0.15) is 24.0 Å². The van der Waals surface area contributed by atoms with Crippen molar-refractivity contribution in [3.63, 3.8) is 0 Å². The summed E-state index contributed by atoms with van der Waals surface area (Å²) in [7, 11) is 0. The molecule has 17 heavy (non-hydrogen) atoms. The maximum Gasteiger partial charge on any atom is 0.137 e. The molecule has 0 aliphatic rings. The Labute approximate surface area is 106 Å². The molecule has 0 bridgehead atoms. The molecule has 0 aromatic heterocycles. The molecule has 0 atom stereocenters. The number of rotatable bonds is 3. The van der Waals surface area contributed by atoms with Crippen LogP contribution in [0.4, 0.5) is 8.78 Å². The van der Waals surface area contributed by atoms with Gasteiger partial charge >= 0.3 is 0 Å². The first-order chi connectivity index (χ1) is 8.15. The highest BCUT2D eigenvalue weighted by molar-refractivity contribution is 9.10. The summed E-state index contributed by atoms with van der Waals surface area (Å²) in [4.78, 5) is 0. The maximum absolute atomic E-state index is 13.0. The summed E-state index contributed by atoms with van der Waals surface area (Å²) in [6, 6.07) is 10.5. The van der Waals surface area contributed by atoms with Crippen molar-refractivity contribution in [2.45, 2.75) is 6.61 Å². The van der Waals surface area contributed by atoms with E-state index in [1.807, 2.05) is 0 Å². The first-order valence-corrected chi connectivity index (χ1v) is 5.77. The Kier molecular flexibility index (Phi) is 3.74.